The SMILES string of the molecule is CCS(=O)(=O)C1CSCCN1c1c(C)cccc1CN. The van der Waals surface area contributed by atoms with Crippen molar-refractivity contribution in [2.75, 3.05) is 28.7 Å². The smallest absolute Gasteiger partial charge is 0.171 e. The largest absolute Gasteiger partial charge is 0.353 e. The summed E-state index contributed by atoms with van der Waals surface area (Å²) < 4.78 is 24.7. The van der Waals surface area contributed by atoms with E-state index in [0.717, 1.165) is 29.1 Å². The first-order valence-corrected chi connectivity index (χ1v) is 9.72. The Morgan fingerprint density at radius 2 is 2.20 bits per heavy atom. The summed E-state index contributed by atoms with van der Waals surface area (Å²) in [6.07, 6.45) is 0. The number of thioether (sulfide) groups is 1. The van der Waals surface area contributed by atoms with Gasteiger partial charge in [-0.15, -0.1) is 0 Å². The van der Waals surface area contributed by atoms with Gasteiger partial charge in [-0.05, 0) is 18.1 Å². The second kappa shape index (κ2) is 6.37. The molecule has 0 spiro atoms. The molecule has 1 saturated heterocycles. The van der Waals surface area contributed by atoms with Crippen LogP contribution in [0.1, 0.15) is 18.1 Å². The van der Waals surface area contributed by atoms with Crippen molar-refractivity contribution in [3.05, 3.63) is 29.3 Å². The number of aryl methyl sites for hydroxylation is 1. The van der Waals surface area contributed by atoms with E-state index in [4.69, 9.17) is 5.73 Å². The fraction of sp³-hybridized carbons (Fsp3) is 0.571. The monoisotopic (exact) mass is 314 g/mol. The third kappa shape index (κ3) is 2.97. The highest BCUT2D eigenvalue weighted by atomic mass is 32.2. The standard InChI is InChI=1S/C14H22N2O2S2/c1-3-20(17,18)13-10-19-8-7-16(13)14-11(2)5-4-6-12(14)9-15/h4-6,13H,3,7-10,15H2,1-2H3. The molecular weight excluding hydrogens is 292 g/mol. The van der Waals surface area contributed by atoms with Gasteiger partial charge in [0.25, 0.3) is 0 Å². The molecule has 1 atom stereocenters. The van der Waals surface area contributed by atoms with E-state index in [9.17, 15) is 8.42 Å². The van der Waals surface area contributed by atoms with Crippen LogP contribution in [-0.4, -0.2) is 37.6 Å². The molecule has 1 unspecified atom stereocenters. The zero-order valence-electron chi connectivity index (χ0n) is 12.0. The molecule has 1 aromatic rings. The molecule has 6 heteroatoms. The van der Waals surface area contributed by atoms with Crippen LogP contribution in [0, 0.1) is 6.92 Å². The van der Waals surface area contributed by atoms with Crippen LogP contribution in [-0.2, 0) is 16.4 Å². The van der Waals surface area contributed by atoms with E-state index in [2.05, 4.69) is 0 Å². The zero-order chi connectivity index (χ0) is 14.8. The summed E-state index contributed by atoms with van der Waals surface area (Å²) in [6, 6.07) is 5.98. The summed E-state index contributed by atoms with van der Waals surface area (Å²) in [5.41, 5.74) is 8.96. The molecule has 0 aromatic heterocycles. The van der Waals surface area contributed by atoms with Crippen molar-refractivity contribution in [2.45, 2.75) is 25.8 Å². The number of nitrogens with zero attached hydrogens (tertiary/aromatic N) is 1. The maximum atomic E-state index is 12.4. The number of sulfone groups is 1. The van der Waals surface area contributed by atoms with Gasteiger partial charge in [0.1, 0.15) is 5.37 Å². The van der Waals surface area contributed by atoms with Crippen LogP contribution in [0.4, 0.5) is 5.69 Å². The van der Waals surface area contributed by atoms with Gasteiger partial charge in [-0.2, -0.15) is 11.8 Å². The maximum Gasteiger partial charge on any atom is 0.171 e. The van der Waals surface area contributed by atoms with Crippen molar-refractivity contribution < 1.29 is 8.42 Å². The average Bonchev–Trinajstić information content (AvgIpc) is 2.47. The fourth-order valence-corrected chi connectivity index (χ4v) is 5.60. The number of para-hydroxylation sites is 1. The summed E-state index contributed by atoms with van der Waals surface area (Å²) in [6.45, 7) is 4.92. The second-order valence-electron chi connectivity index (χ2n) is 4.96. The van der Waals surface area contributed by atoms with Gasteiger partial charge in [-0.1, -0.05) is 25.1 Å². The number of nitrogens with two attached hydrogens (primary N) is 1. The van der Waals surface area contributed by atoms with E-state index in [1.165, 1.54) is 0 Å². The molecule has 112 valence electrons. The van der Waals surface area contributed by atoms with Crippen LogP contribution in [0.5, 0.6) is 0 Å². The van der Waals surface area contributed by atoms with Gasteiger partial charge in [0.15, 0.2) is 9.84 Å². The van der Waals surface area contributed by atoms with Crippen molar-refractivity contribution in [1.82, 2.24) is 0 Å². The summed E-state index contributed by atoms with van der Waals surface area (Å²) in [4.78, 5) is 2.05. The number of hydrogen-bond acceptors (Lipinski definition) is 5. The predicted octanol–water partition coefficient (Wildman–Crippen LogP) is 1.77. The molecule has 0 bridgehead atoms. The Kier molecular flexibility index (Phi) is 4.99. The van der Waals surface area contributed by atoms with Crippen molar-refractivity contribution in [3.8, 4) is 0 Å². The van der Waals surface area contributed by atoms with Crippen molar-refractivity contribution in [2.24, 2.45) is 5.73 Å². The molecule has 4 nitrogen and oxygen atoms in total. The Labute approximate surface area is 125 Å². The highest BCUT2D eigenvalue weighted by Crippen LogP contribution is 2.32. The Morgan fingerprint density at radius 1 is 1.45 bits per heavy atom. The number of benzene rings is 1. The first-order chi connectivity index (χ1) is 9.51. The Morgan fingerprint density at radius 3 is 2.85 bits per heavy atom. The lowest BCUT2D eigenvalue weighted by molar-refractivity contribution is 0.579. The molecule has 1 aliphatic heterocycles. The van der Waals surface area contributed by atoms with Crippen LogP contribution in [0.3, 0.4) is 0 Å². The van der Waals surface area contributed by atoms with Gasteiger partial charge in [0, 0.05) is 36.0 Å². The lowest BCUT2D eigenvalue weighted by Crippen LogP contribution is -2.48. The molecule has 1 fully saturated rings. The number of rotatable bonds is 4. The minimum absolute atomic E-state index is 0.179. The van der Waals surface area contributed by atoms with Crippen LogP contribution in [0.25, 0.3) is 0 Å². The van der Waals surface area contributed by atoms with E-state index >= 15 is 0 Å². The summed E-state index contributed by atoms with van der Waals surface area (Å²) in [5.74, 6) is 1.77. The highest BCUT2D eigenvalue weighted by Gasteiger charge is 2.34. The lowest BCUT2D eigenvalue weighted by atomic mass is 10.1. The molecule has 20 heavy (non-hydrogen) atoms. The molecule has 1 heterocycles. The minimum atomic E-state index is -3.10. The summed E-state index contributed by atoms with van der Waals surface area (Å²) in [7, 11) is -3.10. The number of hydrogen-bond donors (Lipinski definition) is 1. The van der Waals surface area contributed by atoms with E-state index in [1.54, 1.807) is 18.7 Å². The molecule has 2 N–H and O–H groups in total. The van der Waals surface area contributed by atoms with Crippen molar-refractivity contribution in [3.63, 3.8) is 0 Å². The van der Waals surface area contributed by atoms with Gasteiger partial charge in [-0.3, -0.25) is 0 Å². The first-order valence-electron chi connectivity index (χ1n) is 6.85. The molecule has 1 aliphatic rings. The quantitative estimate of drug-likeness (QED) is 0.917. The molecule has 0 saturated carbocycles. The average molecular weight is 314 g/mol. The topological polar surface area (TPSA) is 63.4 Å². The van der Waals surface area contributed by atoms with Gasteiger partial charge in [-0.25, -0.2) is 8.42 Å². The molecule has 0 aliphatic carbocycles. The Balaban J connectivity index is 2.48. The molecule has 2 rings (SSSR count). The minimum Gasteiger partial charge on any atom is -0.353 e. The zero-order valence-corrected chi connectivity index (χ0v) is 13.6. The Bertz CT molecular complexity index is 573. The van der Waals surface area contributed by atoms with Crippen LogP contribution in [0.2, 0.25) is 0 Å². The second-order valence-corrected chi connectivity index (χ2v) is 8.56. The molecule has 0 amide bonds. The first kappa shape index (κ1) is 15.7. The van der Waals surface area contributed by atoms with Crippen molar-refractivity contribution >= 4 is 27.3 Å². The third-order valence-corrected chi connectivity index (χ3v) is 7.02. The molecule has 0 radical (unpaired) electrons. The number of anilines is 1. The fourth-order valence-electron chi connectivity index (χ4n) is 2.62. The van der Waals surface area contributed by atoms with Crippen LogP contribution in [0.15, 0.2) is 18.2 Å². The normalized spacial score (nSPS) is 20.1. The van der Waals surface area contributed by atoms with Crippen molar-refractivity contribution in [1.29, 1.82) is 0 Å². The summed E-state index contributed by atoms with van der Waals surface area (Å²) in [5, 5.41) is -0.433. The maximum absolute atomic E-state index is 12.4. The predicted molar refractivity (Wildman–Crippen MR) is 87.0 cm³/mol. The van der Waals surface area contributed by atoms with E-state index in [0.29, 0.717) is 12.3 Å². The van der Waals surface area contributed by atoms with Crippen LogP contribution >= 0.6 is 11.8 Å². The van der Waals surface area contributed by atoms with Crippen LogP contribution < -0.4 is 10.6 Å². The van der Waals surface area contributed by atoms with E-state index < -0.39 is 15.2 Å². The highest BCUT2D eigenvalue weighted by molar-refractivity contribution is 8.01. The van der Waals surface area contributed by atoms with E-state index in [-0.39, 0.29) is 5.75 Å². The third-order valence-electron chi connectivity index (χ3n) is 3.73. The summed E-state index contributed by atoms with van der Waals surface area (Å²) >= 11 is 1.71. The Hall–Kier alpha value is -0.720. The van der Waals surface area contributed by atoms with Gasteiger partial charge in [0.05, 0.1) is 0 Å². The lowest BCUT2D eigenvalue weighted by Gasteiger charge is -2.38. The van der Waals surface area contributed by atoms with Gasteiger partial charge in [0.2, 0.25) is 0 Å². The van der Waals surface area contributed by atoms with E-state index in [1.807, 2.05) is 30.0 Å². The van der Waals surface area contributed by atoms with Gasteiger partial charge < -0.3 is 10.6 Å². The van der Waals surface area contributed by atoms with Gasteiger partial charge >= 0.3 is 0 Å². The molecule has 1 aromatic carbocycles. The molecular formula is C14H22N2O2S2.